The Labute approximate surface area is 109 Å². The molecular weight excluding hydrogens is 248 g/mol. The fraction of sp³-hybridized carbons (Fsp3) is 0.417. The van der Waals surface area contributed by atoms with Crippen molar-refractivity contribution < 1.29 is 4.79 Å². The lowest BCUT2D eigenvalue weighted by Gasteiger charge is -2.32. The van der Waals surface area contributed by atoms with Gasteiger partial charge in [-0.15, -0.1) is 16.4 Å². The Morgan fingerprint density at radius 3 is 3.17 bits per heavy atom. The highest BCUT2D eigenvalue weighted by Crippen LogP contribution is 2.33. The van der Waals surface area contributed by atoms with Crippen LogP contribution >= 0.6 is 11.3 Å². The van der Waals surface area contributed by atoms with Gasteiger partial charge in [0, 0.05) is 11.4 Å². The topological polar surface area (TPSA) is 61.9 Å². The minimum atomic E-state index is -0.0938. The number of nitrogens with one attached hydrogen (secondary N) is 1. The van der Waals surface area contributed by atoms with Crippen LogP contribution in [0, 0.1) is 6.92 Å². The number of hydrogen-bond donors (Lipinski definition) is 1. The maximum Gasteiger partial charge on any atom is 0.294 e. The molecule has 0 spiro atoms. The fourth-order valence-electron chi connectivity index (χ4n) is 2.35. The quantitative estimate of drug-likeness (QED) is 0.854. The number of carbonyl (C=O) groups is 1. The molecule has 0 saturated heterocycles. The third-order valence-electron chi connectivity index (χ3n) is 3.33. The standard InChI is InChI=1S/C12H14N4OS/c1-7-9-4-6-18-10(9)3-5-16(7)12(17)11-13-8(2)14-15-11/h4,6-7H,3,5H2,1-2H3,(H,13,14,15). The van der Waals surface area contributed by atoms with E-state index in [1.807, 2.05) is 4.90 Å². The van der Waals surface area contributed by atoms with E-state index in [0.717, 1.165) is 13.0 Å². The molecular formula is C12H14N4OS. The predicted octanol–water partition coefficient (Wildman–Crippen LogP) is 1.93. The molecule has 0 radical (unpaired) electrons. The highest BCUT2D eigenvalue weighted by atomic mass is 32.1. The Morgan fingerprint density at radius 1 is 1.61 bits per heavy atom. The molecule has 1 aliphatic heterocycles. The van der Waals surface area contributed by atoms with Gasteiger partial charge < -0.3 is 4.90 Å². The summed E-state index contributed by atoms with van der Waals surface area (Å²) in [7, 11) is 0. The zero-order valence-corrected chi connectivity index (χ0v) is 11.1. The van der Waals surface area contributed by atoms with Crippen LogP contribution in [-0.2, 0) is 6.42 Å². The van der Waals surface area contributed by atoms with Crippen LogP contribution in [0.3, 0.4) is 0 Å². The van der Waals surface area contributed by atoms with Gasteiger partial charge >= 0.3 is 0 Å². The molecule has 5 nitrogen and oxygen atoms in total. The summed E-state index contributed by atoms with van der Waals surface area (Å²) in [5, 5.41) is 8.74. The number of carbonyl (C=O) groups excluding carboxylic acids is 1. The number of aromatic amines is 1. The van der Waals surface area contributed by atoms with Gasteiger partial charge in [0.05, 0.1) is 6.04 Å². The summed E-state index contributed by atoms with van der Waals surface area (Å²) >= 11 is 1.77. The first kappa shape index (κ1) is 11.4. The van der Waals surface area contributed by atoms with E-state index in [0.29, 0.717) is 5.82 Å². The molecule has 2 aromatic heterocycles. The third kappa shape index (κ3) is 1.73. The summed E-state index contributed by atoms with van der Waals surface area (Å²) in [5.74, 6) is 0.834. The number of aryl methyl sites for hydroxylation is 1. The summed E-state index contributed by atoms with van der Waals surface area (Å²) in [5.41, 5.74) is 1.26. The molecule has 1 amide bonds. The number of nitrogens with zero attached hydrogens (tertiary/aromatic N) is 3. The average Bonchev–Trinajstić information content (AvgIpc) is 2.97. The number of aromatic nitrogens is 3. The lowest BCUT2D eigenvalue weighted by Crippen LogP contribution is -2.38. The van der Waals surface area contributed by atoms with E-state index in [-0.39, 0.29) is 17.8 Å². The van der Waals surface area contributed by atoms with E-state index in [4.69, 9.17) is 0 Å². The van der Waals surface area contributed by atoms with Crippen molar-refractivity contribution in [1.29, 1.82) is 0 Å². The smallest absolute Gasteiger partial charge is 0.294 e. The average molecular weight is 262 g/mol. The zero-order chi connectivity index (χ0) is 12.7. The Balaban J connectivity index is 1.88. The summed E-state index contributed by atoms with van der Waals surface area (Å²) in [6.07, 6.45) is 0.923. The van der Waals surface area contributed by atoms with Gasteiger partial charge in [-0.05, 0) is 37.3 Å². The summed E-state index contributed by atoms with van der Waals surface area (Å²) < 4.78 is 0. The van der Waals surface area contributed by atoms with Crippen LogP contribution in [0.4, 0.5) is 0 Å². The molecule has 1 aliphatic rings. The van der Waals surface area contributed by atoms with Gasteiger partial charge in [0.1, 0.15) is 5.82 Å². The molecule has 0 bridgehead atoms. The normalized spacial score (nSPS) is 18.8. The van der Waals surface area contributed by atoms with Gasteiger partial charge in [0.15, 0.2) is 0 Å². The van der Waals surface area contributed by atoms with Crippen molar-refractivity contribution in [3.05, 3.63) is 33.5 Å². The van der Waals surface area contributed by atoms with Crippen LogP contribution in [0.5, 0.6) is 0 Å². The molecule has 1 atom stereocenters. The molecule has 3 heterocycles. The van der Waals surface area contributed by atoms with Crippen molar-refractivity contribution in [2.75, 3.05) is 6.54 Å². The highest BCUT2D eigenvalue weighted by Gasteiger charge is 2.30. The summed E-state index contributed by atoms with van der Waals surface area (Å²) in [6, 6.07) is 2.21. The van der Waals surface area contributed by atoms with Crippen LogP contribution in [-0.4, -0.2) is 32.5 Å². The molecule has 0 aliphatic carbocycles. The number of rotatable bonds is 1. The Kier molecular flexibility index (Phi) is 2.66. The van der Waals surface area contributed by atoms with Crippen LogP contribution in [0.2, 0.25) is 0 Å². The zero-order valence-electron chi connectivity index (χ0n) is 10.3. The minimum Gasteiger partial charge on any atom is -0.329 e. The third-order valence-corrected chi connectivity index (χ3v) is 4.32. The first-order valence-electron chi connectivity index (χ1n) is 5.93. The van der Waals surface area contributed by atoms with Crippen molar-refractivity contribution in [2.24, 2.45) is 0 Å². The lowest BCUT2D eigenvalue weighted by atomic mass is 10.0. The van der Waals surface area contributed by atoms with Crippen LogP contribution in [0.15, 0.2) is 11.4 Å². The number of amides is 1. The van der Waals surface area contributed by atoms with E-state index in [1.165, 1.54) is 10.4 Å². The highest BCUT2D eigenvalue weighted by molar-refractivity contribution is 7.10. The van der Waals surface area contributed by atoms with E-state index in [2.05, 4.69) is 33.6 Å². The number of H-pyrrole nitrogens is 1. The number of hydrogen-bond acceptors (Lipinski definition) is 4. The van der Waals surface area contributed by atoms with Crippen molar-refractivity contribution in [1.82, 2.24) is 20.1 Å². The fourth-order valence-corrected chi connectivity index (χ4v) is 3.32. The van der Waals surface area contributed by atoms with Crippen molar-refractivity contribution in [2.45, 2.75) is 26.3 Å². The second-order valence-electron chi connectivity index (χ2n) is 4.47. The SMILES string of the molecule is Cc1nc(C(=O)N2CCc3sccc3C2C)n[nH]1. The second kappa shape index (κ2) is 4.20. The maximum absolute atomic E-state index is 12.3. The first-order chi connectivity index (χ1) is 8.66. The number of fused-ring (bicyclic) bond motifs is 1. The van der Waals surface area contributed by atoms with Crippen LogP contribution < -0.4 is 0 Å². The number of thiophene rings is 1. The first-order valence-corrected chi connectivity index (χ1v) is 6.81. The predicted molar refractivity (Wildman–Crippen MR) is 68.6 cm³/mol. The molecule has 18 heavy (non-hydrogen) atoms. The van der Waals surface area contributed by atoms with Crippen LogP contribution in [0.1, 0.15) is 39.8 Å². The van der Waals surface area contributed by atoms with Crippen molar-refractivity contribution in [3.63, 3.8) is 0 Å². The second-order valence-corrected chi connectivity index (χ2v) is 5.47. The Hall–Kier alpha value is -1.69. The monoisotopic (exact) mass is 262 g/mol. The maximum atomic E-state index is 12.3. The Bertz CT molecular complexity index is 588. The summed E-state index contributed by atoms with van der Waals surface area (Å²) in [6.45, 7) is 4.59. The Morgan fingerprint density at radius 2 is 2.44 bits per heavy atom. The van der Waals surface area contributed by atoms with E-state index in [9.17, 15) is 4.79 Å². The summed E-state index contributed by atoms with van der Waals surface area (Å²) in [4.78, 5) is 19.7. The van der Waals surface area contributed by atoms with E-state index >= 15 is 0 Å². The molecule has 6 heteroatoms. The van der Waals surface area contributed by atoms with Crippen molar-refractivity contribution >= 4 is 17.2 Å². The van der Waals surface area contributed by atoms with Gasteiger partial charge in [-0.2, -0.15) is 0 Å². The van der Waals surface area contributed by atoms with Gasteiger partial charge in [-0.25, -0.2) is 4.98 Å². The molecule has 3 rings (SSSR count). The van der Waals surface area contributed by atoms with Gasteiger partial charge in [0.25, 0.3) is 5.91 Å². The molecule has 0 fully saturated rings. The van der Waals surface area contributed by atoms with Gasteiger partial charge in [-0.1, -0.05) is 0 Å². The molecule has 94 valence electrons. The molecule has 2 aromatic rings. The lowest BCUT2D eigenvalue weighted by molar-refractivity contribution is 0.0667. The van der Waals surface area contributed by atoms with Gasteiger partial charge in [-0.3, -0.25) is 9.89 Å². The largest absolute Gasteiger partial charge is 0.329 e. The molecule has 0 saturated carbocycles. The van der Waals surface area contributed by atoms with E-state index in [1.54, 1.807) is 18.3 Å². The minimum absolute atomic E-state index is 0.0938. The van der Waals surface area contributed by atoms with Crippen LogP contribution in [0.25, 0.3) is 0 Å². The van der Waals surface area contributed by atoms with Crippen molar-refractivity contribution in [3.8, 4) is 0 Å². The van der Waals surface area contributed by atoms with E-state index < -0.39 is 0 Å². The molecule has 0 aromatic carbocycles. The molecule has 1 N–H and O–H groups in total. The molecule has 1 unspecified atom stereocenters. The van der Waals surface area contributed by atoms with Gasteiger partial charge in [0.2, 0.25) is 5.82 Å².